The summed E-state index contributed by atoms with van der Waals surface area (Å²) >= 11 is 0. The quantitative estimate of drug-likeness (QED) is 0.554. The molecule has 8 nitrogen and oxygen atoms in total. The van der Waals surface area contributed by atoms with E-state index >= 15 is 0 Å². The lowest BCUT2D eigenvalue weighted by Gasteiger charge is -2.00. The highest BCUT2D eigenvalue weighted by Gasteiger charge is 2.01. The first-order valence-electron chi connectivity index (χ1n) is 5.62. The van der Waals surface area contributed by atoms with E-state index in [0.717, 1.165) is 0 Å². The van der Waals surface area contributed by atoms with E-state index in [1.54, 1.807) is 19.1 Å². The first-order valence-corrected chi connectivity index (χ1v) is 5.62. The number of anilines is 1. The molecular weight excluding hydrogens is 262 g/mol. The third-order valence-electron chi connectivity index (χ3n) is 2.42. The molecule has 2 aromatic rings. The van der Waals surface area contributed by atoms with Crippen LogP contribution in [-0.4, -0.2) is 32.5 Å². The summed E-state index contributed by atoms with van der Waals surface area (Å²) in [5, 5.41) is 18.6. The average molecular weight is 273 g/mol. The Bertz CT molecular complexity index is 706. The molecule has 20 heavy (non-hydrogen) atoms. The van der Waals surface area contributed by atoms with Crippen molar-refractivity contribution in [3.63, 3.8) is 0 Å². The van der Waals surface area contributed by atoms with E-state index < -0.39 is 11.7 Å². The monoisotopic (exact) mass is 273 g/mol. The number of hydrogen-bond donors (Lipinski definition) is 3. The van der Waals surface area contributed by atoms with E-state index in [1.165, 1.54) is 18.3 Å². The molecule has 0 aliphatic heterocycles. The Morgan fingerprint density at radius 3 is 2.75 bits per heavy atom. The van der Waals surface area contributed by atoms with E-state index in [0.29, 0.717) is 11.3 Å². The van der Waals surface area contributed by atoms with Crippen LogP contribution >= 0.6 is 0 Å². The van der Waals surface area contributed by atoms with Crippen LogP contribution in [-0.2, 0) is 0 Å². The molecule has 0 amide bonds. The summed E-state index contributed by atoms with van der Waals surface area (Å²) in [4.78, 5) is 25.4. The van der Waals surface area contributed by atoms with Gasteiger partial charge in [-0.25, -0.2) is 14.7 Å². The number of nitrogens with zero attached hydrogens (tertiary/aromatic N) is 3. The average Bonchev–Trinajstić information content (AvgIpc) is 2.43. The second-order valence-electron chi connectivity index (χ2n) is 3.87. The molecular formula is C12H11N5O3. The van der Waals surface area contributed by atoms with Gasteiger partial charge in [0.15, 0.2) is 5.82 Å². The van der Waals surface area contributed by atoms with Crippen LogP contribution in [0.2, 0.25) is 0 Å². The van der Waals surface area contributed by atoms with Gasteiger partial charge in [0.25, 0.3) is 0 Å². The summed E-state index contributed by atoms with van der Waals surface area (Å²) in [6, 6.07) is 6.18. The van der Waals surface area contributed by atoms with Crippen molar-refractivity contribution in [1.29, 1.82) is 0 Å². The van der Waals surface area contributed by atoms with Crippen molar-refractivity contribution in [2.75, 3.05) is 5.43 Å². The van der Waals surface area contributed by atoms with Gasteiger partial charge in [-0.05, 0) is 24.6 Å². The summed E-state index contributed by atoms with van der Waals surface area (Å²) < 4.78 is 0. The number of hydrogen-bond acceptors (Lipinski definition) is 6. The number of carbonyl (C=O) groups is 1. The maximum atomic E-state index is 11.0. The summed E-state index contributed by atoms with van der Waals surface area (Å²) in [5.41, 5.74) is 3.44. The van der Waals surface area contributed by atoms with E-state index in [2.05, 4.69) is 25.7 Å². The number of nitrogens with one attached hydrogen (secondary N) is 2. The topological polar surface area (TPSA) is 120 Å². The third kappa shape index (κ3) is 3.25. The molecule has 0 spiro atoms. The van der Waals surface area contributed by atoms with Gasteiger partial charge in [0.2, 0.25) is 0 Å². The van der Waals surface area contributed by atoms with Crippen LogP contribution in [0.15, 0.2) is 34.2 Å². The molecule has 0 aliphatic rings. The Kier molecular flexibility index (Phi) is 3.85. The van der Waals surface area contributed by atoms with Crippen LogP contribution in [0.5, 0.6) is 0 Å². The van der Waals surface area contributed by atoms with Gasteiger partial charge in [-0.15, -0.1) is 0 Å². The van der Waals surface area contributed by atoms with Crippen molar-refractivity contribution >= 4 is 18.0 Å². The molecule has 0 radical (unpaired) electrons. The third-order valence-corrected chi connectivity index (χ3v) is 2.42. The van der Waals surface area contributed by atoms with Gasteiger partial charge < -0.3 is 5.11 Å². The first kappa shape index (κ1) is 13.4. The Hall–Kier alpha value is -3.03. The number of carboxylic acid groups (broad SMARTS) is 1. The standard InChI is InChI=1S/C12H11N5O3/c1-7-10(14-12(20)17-15-7)16-13-6-8-2-4-9(5-3-8)11(18)19/h2-6H,1H3,(H,18,19)(H2,14,16,17,20)/b13-6+. The maximum Gasteiger partial charge on any atom is 0.363 e. The molecule has 0 fully saturated rings. The van der Waals surface area contributed by atoms with Crippen molar-refractivity contribution in [2.45, 2.75) is 6.92 Å². The number of aromatic nitrogens is 3. The molecule has 2 rings (SSSR count). The molecule has 1 aromatic carbocycles. The van der Waals surface area contributed by atoms with E-state index in [-0.39, 0.29) is 11.4 Å². The largest absolute Gasteiger partial charge is 0.478 e. The Labute approximate surface area is 113 Å². The summed E-state index contributed by atoms with van der Waals surface area (Å²) in [7, 11) is 0. The normalized spacial score (nSPS) is 10.7. The molecule has 0 bridgehead atoms. The van der Waals surface area contributed by atoms with Crippen molar-refractivity contribution in [3.05, 3.63) is 51.6 Å². The number of benzene rings is 1. The fourth-order valence-corrected chi connectivity index (χ4v) is 1.38. The fraction of sp³-hybridized carbons (Fsp3) is 0.0833. The van der Waals surface area contributed by atoms with E-state index in [9.17, 15) is 9.59 Å². The Balaban J connectivity index is 2.08. The molecule has 0 saturated carbocycles. The zero-order chi connectivity index (χ0) is 14.5. The van der Waals surface area contributed by atoms with Crippen LogP contribution in [0.3, 0.4) is 0 Å². The molecule has 0 atom stereocenters. The summed E-state index contributed by atoms with van der Waals surface area (Å²) in [5.74, 6) is -0.729. The van der Waals surface area contributed by atoms with Gasteiger partial charge in [0, 0.05) is 0 Å². The van der Waals surface area contributed by atoms with Crippen LogP contribution in [0.25, 0.3) is 0 Å². The minimum atomic E-state index is -0.985. The number of H-pyrrole nitrogens is 1. The lowest BCUT2D eigenvalue weighted by atomic mass is 10.1. The van der Waals surface area contributed by atoms with E-state index in [1.807, 2.05) is 0 Å². The minimum absolute atomic E-state index is 0.200. The SMILES string of the molecule is Cc1n[nH]c(=O)nc1N/N=C/c1ccc(C(=O)O)cc1. The zero-order valence-electron chi connectivity index (χ0n) is 10.5. The maximum absolute atomic E-state index is 11.0. The van der Waals surface area contributed by atoms with Crippen LogP contribution in [0, 0.1) is 6.92 Å². The predicted molar refractivity (Wildman–Crippen MR) is 72.0 cm³/mol. The molecule has 0 aliphatic carbocycles. The fourth-order valence-electron chi connectivity index (χ4n) is 1.38. The highest BCUT2D eigenvalue weighted by Crippen LogP contribution is 2.04. The van der Waals surface area contributed by atoms with Gasteiger partial charge >= 0.3 is 11.7 Å². The number of aromatic carboxylic acids is 1. The number of aryl methyl sites for hydroxylation is 1. The number of aromatic amines is 1. The van der Waals surface area contributed by atoms with Crippen molar-refractivity contribution in [2.24, 2.45) is 5.10 Å². The number of hydrazone groups is 1. The Morgan fingerprint density at radius 1 is 1.40 bits per heavy atom. The second kappa shape index (κ2) is 5.74. The van der Waals surface area contributed by atoms with E-state index in [4.69, 9.17) is 5.11 Å². The van der Waals surface area contributed by atoms with Gasteiger partial charge in [-0.3, -0.25) is 5.43 Å². The van der Waals surface area contributed by atoms with Crippen LogP contribution in [0.1, 0.15) is 21.6 Å². The second-order valence-corrected chi connectivity index (χ2v) is 3.87. The molecule has 3 N–H and O–H groups in total. The van der Waals surface area contributed by atoms with Gasteiger partial charge in [-0.2, -0.15) is 15.2 Å². The summed E-state index contributed by atoms with van der Waals surface area (Å²) in [6.45, 7) is 1.67. The molecule has 8 heteroatoms. The van der Waals surface area contributed by atoms with Crippen LogP contribution < -0.4 is 11.1 Å². The van der Waals surface area contributed by atoms with Gasteiger partial charge in [0.1, 0.15) is 5.69 Å². The highest BCUT2D eigenvalue weighted by atomic mass is 16.4. The highest BCUT2D eigenvalue weighted by molar-refractivity contribution is 5.89. The zero-order valence-corrected chi connectivity index (χ0v) is 10.5. The molecule has 1 aromatic heterocycles. The van der Waals surface area contributed by atoms with Crippen LogP contribution in [0.4, 0.5) is 5.82 Å². The molecule has 0 saturated heterocycles. The van der Waals surface area contributed by atoms with Gasteiger partial charge in [0.05, 0.1) is 11.8 Å². The smallest absolute Gasteiger partial charge is 0.363 e. The Morgan fingerprint density at radius 2 is 2.10 bits per heavy atom. The number of rotatable bonds is 4. The first-order chi connectivity index (χ1) is 9.56. The molecule has 102 valence electrons. The minimum Gasteiger partial charge on any atom is -0.478 e. The lowest BCUT2D eigenvalue weighted by molar-refractivity contribution is 0.0697. The summed E-state index contributed by atoms with van der Waals surface area (Å²) in [6.07, 6.45) is 1.48. The van der Waals surface area contributed by atoms with Crippen molar-refractivity contribution < 1.29 is 9.90 Å². The molecule has 1 heterocycles. The van der Waals surface area contributed by atoms with Crippen molar-refractivity contribution in [3.8, 4) is 0 Å². The lowest BCUT2D eigenvalue weighted by Crippen LogP contribution is -2.15. The predicted octanol–water partition coefficient (Wildman–Crippen LogP) is 0.618. The van der Waals surface area contributed by atoms with Crippen molar-refractivity contribution in [1.82, 2.24) is 15.2 Å². The number of carboxylic acids is 1. The molecule has 0 unspecified atom stereocenters. The van der Waals surface area contributed by atoms with Gasteiger partial charge in [-0.1, -0.05) is 12.1 Å².